The van der Waals surface area contributed by atoms with Crippen LogP contribution in [-0.4, -0.2) is 37.0 Å². The van der Waals surface area contributed by atoms with E-state index in [-0.39, 0.29) is 11.9 Å². The molecule has 1 heterocycles. The molecule has 1 unspecified atom stereocenters. The molecule has 2 N–H and O–H groups in total. The average molecular weight is 261 g/mol. The Morgan fingerprint density at radius 1 is 1.37 bits per heavy atom. The molecule has 2 rings (SSSR count). The zero-order valence-electron chi connectivity index (χ0n) is 11.8. The number of amides is 1. The molecule has 0 bridgehead atoms. The van der Waals surface area contributed by atoms with Crippen LogP contribution in [0.4, 0.5) is 5.69 Å². The van der Waals surface area contributed by atoms with Crippen molar-refractivity contribution in [3.05, 3.63) is 29.8 Å². The molecule has 4 heteroatoms. The third-order valence-corrected chi connectivity index (χ3v) is 3.83. The highest BCUT2D eigenvalue weighted by Crippen LogP contribution is 2.31. The van der Waals surface area contributed by atoms with Gasteiger partial charge in [-0.1, -0.05) is 18.2 Å². The van der Waals surface area contributed by atoms with E-state index in [9.17, 15) is 4.79 Å². The molecule has 19 heavy (non-hydrogen) atoms. The quantitative estimate of drug-likeness (QED) is 0.898. The van der Waals surface area contributed by atoms with Crippen LogP contribution < -0.4 is 10.6 Å². The highest BCUT2D eigenvalue weighted by atomic mass is 16.2. The van der Waals surface area contributed by atoms with Gasteiger partial charge in [0.05, 0.1) is 6.54 Å². The molecule has 104 valence electrons. The topological polar surface area (TPSA) is 49.6 Å². The van der Waals surface area contributed by atoms with Gasteiger partial charge in [-0.15, -0.1) is 0 Å². The van der Waals surface area contributed by atoms with Crippen molar-refractivity contribution < 1.29 is 4.79 Å². The van der Waals surface area contributed by atoms with E-state index in [1.54, 1.807) is 0 Å². The molecule has 4 nitrogen and oxygen atoms in total. The van der Waals surface area contributed by atoms with Gasteiger partial charge < -0.3 is 15.5 Å². The normalized spacial score (nSPS) is 18.1. The monoisotopic (exact) mass is 261 g/mol. The van der Waals surface area contributed by atoms with E-state index < -0.39 is 0 Å². The number of carbonyl (C=O) groups excluding carboxylic acids is 1. The number of fused-ring (bicyclic) bond motifs is 1. The average Bonchev–Trinajstić information content (AvgIpc) is 2.44. The summed E-state index contributed by atoms with van der Waals surface area (Å²) in [6, 6.07) is 8.23. The maximum absolute atomic E-state index is 12.2. The van der Waals surface area contributed by atoms with E-state index in [1.807, 2.05) is 30.9 Å². The van der Waals surface area contributed by atoms with Crippen LogP contribution >= 0.6 is 0 Å². The first-order valence-electron chi connectivity index (χ1n) is 7.04. The Hall–Kier alpha value is -1.55. The summed E-state index contributed by atoms with van der Waals surface area (Å²) in [6.45, 7) is 6.87. The lowest BCUT2D eigenvalue weighted by atomic mass is 9.97. The molecule has 0 aliphatic carbocycles. The van der Waals surface area contributed by atoms with Gasteiger partial charge in [-0.3, -0.25) is 4.79 Å². The van der Waals surface area contributed by atoms with Gasteiger partial charge in [-0.25, -0.2) is 0 Å². The molecular weight excluding hydrogens is 238 g/mol. The van der Waals surface area contributed by atoms with Crippen LogP contribution in [0.3, 0.4) is 0 Å². The molecule has 1 aromatic carbocycles. The minimum Gasteiger partial charge on any atom is -0.362 e. The van der Waals surface area contributed by atoms with E-state index in [0.717, 1.165) is 37.3 Å². The fraction of sp³-hybridized carbons (Fsp3) is 0.533. The number of nitrogens with two attached hydrogens (primary N) is 1. The van der Waals surface area contributed by atoms with Crippen molar-refractivity contribution in [1.82, 2.24) is 4.90 Å². The number of likely N-dealkylation sites (N-methyl/N-ethyl adjacent to an activating group) is 1. The number of carbonyl (C=O) groups is 1. The summed E-state index contributed by atoms with van der Waals surface area (Å²) in [7, 11) is 0. The summed E-state index contributed by atoms with van der Waals surface area (Å²) in [4.78, 5) is 16.2. The lowest BCUT2D eigenvalue weighted by molar-refractivity contribution is -0.129. The lowest BCUT2D eigenvalue weighted by Crippen LogP contribution is -2.43. The molecule has 1 aromatic rings. The second kappa shape index (κ2) is 6.06. The zero-order valence-corrected chi connectivity index (χ0v) is 11.8. The standard InChI is InChI=1S/C15H23N3O/c1-3-17(4-2)15(19)11-18-10-9-13(16)12-7-5-6-8-14(12)18/h5-8,13H,3-4,9-11,16H2,1-2H3. The Labute approximate surface area is 115 Å². The van der Waals surface area contributed by atoms with Crippen molar-refractivity contribution in [3.63, 3.8) is 0 Å². The Balaban J connectivity index is 2.14. The number of anilines is 1. The molecule has 0 saturated heterocycles. The van der Waals surface area contributed by atoms with E-state index in [1.165, 1.54) is 0 Å². The predicted molar refractivity (Wildman–Crippen MR) is 78.1 cm³/mol. The summed E-state index contributed by atoms with van der Waals surface area (Å²) < 4.78 is 0. The fourth-order valence-electron chi connectivity index (χ4n) is 2.66. The molecule has 0 radical (unpaired) electrons. The highest BCUT2D eigenvalue weighted by Gasteiger charge is 2.24. The number of hydrogen-bond acceptors (Lipinski definition) is 3. The van der Waals surface area contributed by atoms with Crippen LogP contribution in [0.25, 0.3) is 0 Å². The van der Waals surface area contributed by atoms with Gasteiger partial charge in [-0.2, -0.15) is 0 Å². The molecule has 1 amide bonds. The van der Waals surface area contributed by atoms with Crippen molar-refractivity contribution >= 4 is 11.6 Å². The van der Waals surface area contributed by atoms with Crippen molar-refractivity contribution in [1.29, 1.82) is 0 Å². The van der Waals surface area contributed by atoms with Gasteiger partial charge in [0.2, 0.25) is 5.91 Å². The molecule has 0 aromatic heterocycles. The number of nitrogens with zero attached hydrogens (tertiary/aromatic N) is 2. The van der Waals surface area contributed by atoms with Crippen LogP contribution in [0.15, 0.2) is 24.3 Å². The summed E-state index contributed by atoms with van der Waals surface area (Å²) >= 11 is 0. The van der Waals surface area contributed by atoms with Gasteiger partial charge in [0, 0.05) is 31.4 Å². The largest absolute Gasteiger partial charge is 0.362 e. The van der Waals surface area contributed by atoms with E-state index in [2.05, 4.69) is 17.0 Å². The highest BCUT2D eigenvalue weighted by molar-refractivity contribution is 5.82. The predicted octanol–water partition coefficient (Wildman–Crippen LogP) is 1.76. The maximum atomic E-state index is 12.2. The first-order valence-corrected chi connectivity index (χ1v) is 7.04. The summed E-state index contributed by atoms with van der Waals surface area (Å²) in [5, 5.41) is 0. The Kier molecular flexibility index (Phi) is 4.43. The van der Waals surface area contributed by atoms with Crippen LogP contribution in [0, 0.1) is 0 Å². The first-order chi connectivity index (χ1) is 9.17. The number of hydrogen-bond donors (Lipinski definition) is 1. The first kappa shape index (κ1) is 13.9. The zero-order chi connectivity index (χ0) is 13.8. The fourth-order valence-corrected chi connectivity index (χ4v) is 2.66. The molecule has 0 saturated carbocycles. The lowest BCUT2D eigenvalue weighted by Gasteiger charge is -2.35. The number of rotatable bonds is 4. The second-order valence-electron chi connectivity index (χ2n) is 4.94. The van der Waals surface area contributed by atoms with E-state index in [0.29, 0.717) is 6.54 Å². The van der Waals surface area contributed by atoms with E-state index in [4.69, 9.17) is 5.73 Å². The van der Waals surface area contributed by atoms with Crippen LogP contribution in [-0.2, 0) is 4.79 Å². The third kappa shape index (κ3) is 2.89. The van der Waals surface area contributed by atoms with Gasteiger partial charge >= 0.3 is 0 Å². The molecule has 0 spiro atoms. The summed E-state index contributed by atoms with van der Waals surface area (Å²) in [5.41, 5.74) is 8.40. The Morgan fingerprint density at radius 2 is 2.05 bits per heavy atom. The summed E-state index contributed by atoms with van der Waals surface area (Å²) in [6.07, 6.45) is 0.905. The summed E-state index contributed by atoms with van der Waals surface area (Å²) in [5.74, 6) is 0.190. The number of benzene rings is 1. The van der Waals surface area contributed by atoms with Gasteiger partial charge in [-0.05, 0) is 31.9 Å². The van der Waals surface area contributed by atoms with Crippen molar-refractivity contribution in [3.8, 4) is 0 Å². The minimum absolute atomic E-state index is 0.0935. The van der Waals surface area contributed by atoms with Gasteiger partial charge in [0.1, 0.15) is 0 Å². The Morgan fingerprint density at radius 3 is 2.74 bits per heavy atom. The maximum Gasteiger partial charge on any atom is 0.242 e. The minimum atomic E-state index is 0.0935. The van der Waals surface area contributed by atoms with Crippen LogP contribution in [0.1, 0.15) is 31.9 Å². The third-order valence-electron chi connectivity index (χ3n) is 3.83. The van der Waals surface area contributed by atoms with Crippen molar-refractivity contribution in [2.45, 2.75) is 26.3 Å². The Bertz CT molecular complexity index is 443. The number of para-hydroxylation sites is 1. The van der Waals surface area contributed by atoms with Gasteiger partial charge in [0.25, 0.3) is 0 Å². The van der Waals surface area contributed by atoms with Crippen molar-refractivity contribution in [2.24, 2.45) is 5.73 Å². The van der Waals surface area contributed by atoms with Crippen molar-refractivity contribution in [2.75, 3.05) is 31.1 Å². The molecule has 0 fully saturated rings. The molecule has 1 atom stereocenters. The van der Waals surface area contributed by atoms with Crippen LogP contribution in [0.2, 0.25) is 0 Å². The van der Waals surface area contributed by atoms with Gasteiger partial charge in [0.15, 0.2) is 0 Å². The smallest absolute Gasteiger partial charge is 0.242 e. The van der Waals surface area contributed by atoms with Crippen LogP contribution in [0.5, 0.6) is 0 Å². The molecule has 1 aliphatic heterocycles. The second-order valence-corrected chi connectivity index (χ2v) is 4.94. The molecular formula is C15H23N3O. The molecule has 1 aliphatic rings. The SMILES string of the molecule is CCN(CC)C(=O)CN1CCC(N)c2ccccc21. The van der Waals surface area contributed by atoms with E-state index >= 15 is 0 Å².